The van der Waals surface area contributed by atoms with Gasteiger partial charge in [-0.2, -0.15) is 5.10 Å². The van der Waals surface area contributed by atoms with E-state index in [0.717, 1.165) is 11.3 Å². The zero-order chi connectivity index (χ0) is 14.4. The number of carbonyl (C=O) groups excluding carboxylic acids is 1. The Balaban J connectivity index is 2.04. The van der Waals surface area contributed by atoms with Crippen LogP contribution in [0.25, 0.3) is 11.3 Å². The van der Waals surface area contributed by atoms with E-state index >= 15 is 0 Å². The Morgan fingerprint density at radius 1 is 1.40 bits per heavy atom. The van der Waals surface area contributed by atoms with Crippen molar-refractivity contribution in [1.82, 2.24) is 4.98 Å². The van der Waals surface area contributed by atoms with Gasteiger partial charge in [-0.3, -0.25) is 5.43 Å². The number of benzene rings is 1. The highest BCUT2D eigenvalue weighted by Crippen LogP contribution is 2.24. The molecule has 5 nitrogen and oxygen atoms in total. The number of hydrogen-bond donors (Lipinski definition) is 1. The van der Waals surface area contributed by atoms with Crippen molar-refractivity contribution in [1.29, 1.82) is 0 Å². The fourth-order valence-electron chi connectivity index (χ4n) is 1.48. The monoisotopic (exact) mass is 289 g/mol. The van der Waals surface area contributed by atoms with Crippen molar-refractivity contribution >= 4 is 28.1 Å². The van der Waals surface area contributed by atoms with Gasteiger partial charge < -0.3 is 4.74 Å². The molecule has 0 atom stereocenters. The average Bonchev–Trinajstić information content (AvgIpc) is 2.95. The fourth-order valence-corrected chi connectivity index (χ4v) is 2.14. The molecule has 20 heavy (non-hydrogen) atoms. The molecule has 0 radical (unpaired) electrons. The largest absolute Gasteiger partial charge is 0.461 e. The maximum Gasteiger partial charge on any atom is 0.354 e. The number of esters is 1. The van der Waals surface area contributed by atoms with Gasteiger partial charge in [0.25, 0.3) is 0 Å². The molecule has 0 unspecified atom stereocenters. The van der Waals surface area contributed by atoms with Gasteiger partial charge >= 0.3 is 5.97 Å². The van der Waals surface area contributed by atoms with Crippen LogP contribution in [0, 0.1) is 0 Å². The Morgan fingerprint density at radius 3 is 2.85 bits per heavy atom. The molecule has 0 saturated carbocycles. The summed E-state index contributed by atoms with van der Waals surface area (Å²) in [6, 6.07) is 9.87. The maximum absolute atomic E-state index is 11.4. The van der Waals surface area contributed by atoms with Gasteiger partial charge in [-0.05, 0) is 13.8 Å². The minimum absolute atomic E-state index is 0.267. The van der Waals surface area contributed by atoms with Crippen LogP contribution in [0.4, 0.5) is 5.13 Å². The molecule has 104 valence electrons. The van der Waals surface area contributed by atoms with Crippen molar-refractivity contribution in [3.05, 3.63) is 35.7 Å². The minimum atomic E-state index is -0.431. The van der Waals surface area contributed by atoms with Gasteiger partial charge in [-0.25, -0.2) is 9.78 Å². The highest BCUT2D eigenvalue weighted by atomic mass is 32.1. The molecule has 2 aromatic rings. The van der Waals surface area contributed by atoms with Crippen LogP contribution >= 0.6 is 11.3 Å². The summed E-state index contributed by atoms with van der Waals surface area (Å²) < 4.78 is 4.84. The van der Waals surface area contributed by atoms with Gasteiger partial charge in [0.05, 0.1) is 12.3 Å². The van der Waals surface area contributed by atoms with Crippen molar-refractivity contribution in [3.63, 3.8) is 0 Å². The number of thiazole rings is 1. The van der Waals surface area contributed by atoms with Crippen LogP contribution in [0.5, 0.6) is 0 Å². The van der Waals surface area contributed by atoms with E-state index in [2.05, 4.69) is 15.5 Å². The minimum Gasteiger partial charge on any atom is -0.461 e. The number of nitrogens with one attached hydrogen (secondary N) is 1. The van der Waals surface area contributed by atoms with Crippen LogP contribution in [0.15, 0.2) is 40.8 Å². The van der Waals surface area contributed by atoms with E-state index in [1.807, 2.05) is 35.7 Å². The van der Waals surface area contributed by atoms with Crippen LogP contribution in [-0.2, 0) is 9.53 Å². The Kier molecular flexibility index (Phi) is 4.84. The molecule has 0 bridgehead atoms. The summed E-state index contributed by atoms with van der Waals surface area (Å²) >= 11 is 1.43. The molecule has 0 fully saturated rings. The number of ether oxygens (including phenoxy) is 1. The van der Waals surface area contributed by atoms with Crippen LogP contribution < -0.4 is 5.43 Å². The summed E-state index contributed by atoms with van der Waals surface area (Å²) in [6.45, 7) is 3.68. The van der Waals surface area contributed by atoms with Crippen LogP contribution in [0.1, 0.15) is 13.8 Å². The average molecular weight is 289 g/mol. The van der Waals surface area contributed by atoms with E-state index in [1.54, 1.807) is 13.8 Å². The third-order valence-electron chi connectivity index (χ3n) is 2.46. The molecule has 1 N–H and O–H groups in total. The molecule has 0 aliphatic carbocycles. The number of aromatic nitrogens is 1. The lowest BCUT2D eigenvalue weighted by Gasteiger charge is -2.00. The Bertz CT molecular complexity index is 608. The molecule has 1 aromatic carbocycles. The van der Waals surface area contributed by atoms with E-state index in [4.69, 9.17) is 4.74 Å². The maximum atomic E-state index is 11.4. The first-order valence-corrected chi connectivity index (χ1v) is 7.07. The summed E-state index contributed by atoms with van der Waals surface area (Å²) in [5.41, 5.74) is 4.96. The summed E-state index contributed by atoms with van der Waals surface area (Å²) in [5, 5.41) is 6.53. The van der Waals surface area contributed by atoms with E-state index in [9.17, 15) is 4.79 Å². The second-order valence-corrected chi connectivity index (χ2v) is 4.79. The molecular weight excluding hydrogens is 274 g/mol. The van der Waals surface area contributed by atoms with Crippen LogP contribution in [0.2, 0.25) is 0 Å². The van der Waals surface area contributed by atoms with E-state index < -0.39 is 5.97 Å². The van der Waals surface area contributed by atoms with E-state index in [-0.39, 0.29) is 5.71 Å². The lowest BCUT2D eigenvalue weighted by atomic mass is 10.2. The number of anilines is 1. The standard InChI is InChI=1S/C14H15N3O2S/c1-3-19-13(18)10(2)16-17-14-15-12(9-20-14)11-7-5-4-6-8-11/h4-9H,3H2,1-2H3,(H,15,17)/b16-10+. The Labute approximate surface area is 121 Å². The normalized spacial score (nSPS) is 11.2. The Hall–Kier alpha value is -2.21. The van der Waals surface area contributed by atoms with E-state index in [1.165, 1.54) is 11.3 Å². The molecule has 0 spiro atoms. The third kappa shape index (κ3) is 3.64. The molecule has 0 aliphatic rings. The van der Waals surface area contributed by atoms with Crippen molar-refractivity contribution < 1.29 is 9.53 Å². The first-order chi connectivity index (χ1) is 9.70. The number of hydrazone groups is 1. The van der Waals surface area contributed by atoms with Gasteiger partial charge in [0.15, 0.2) is 0 Å². The van der Waals surface area contributed by atoms with E-state index in [0.29, 0.717) is 11.7 Å². The van der Waals surface area contributed by atoms with Crippen molar-refractivity contribution in [2.24, 2.45) is 5.10 Å². The third-order valence-corrected chi connectivity index (χ3v) is 3.21. The van der Waals surface area contributed by atoms with Gasteiger partial charge in [-0.15, -0.1) is 11.3 Å². The second kappa shape index (κ2) is 6.81. The van der Waals surface area contributed by atoms with Crippen molar-refractivity contribution in [2.75, 3.05) is 12.0 Å². The topological polar surface area (TPSA) is 63.6 Å². The number of hydrogen-bond acceptors (Lipinski definition) is 6. The van der Waals surface area contributed by atoms with Crippen molar-refractivity contribution in [3.8, 4) is 11.3 Å². The number of rotatable bonds is 5. The van der Waals surface area contributed by atoms with Crippen molar-refractivity contribution in [2.45, 2.75) is 13.8 Å². The molecule has 1 aromatic heterocycles. The lowest BCUT2D eigenvalue weighted by molar-refractivity contribution is -0.135. The smallest absolute Gasteiger partial charge is 0.354 e. The second-order valence-electron chi connectivity index (χ2n) is 3.93. The molecule has 0 saturated heterocycles. The summed E-state index contributed by atoms with van der Waals surface area (Å²) in [4.78, 5) is 15.8. The molecular formula is C14H15N3O2S. The Morgan fingerprint density at radius 2 is 2.15 bits per heavy atom. The predicted octanol–water partition coefficient (Wildman–Crippen LogP) is 3.16. The first-order valence-electron chi connectivity index (χ1n) is 6.19. The molecule has 2 rings (SSSR count). The molecule has 1 heterocycles. The van der Waals surface area contributed by atoms with Crippen LogP contribution in [-0.4, -0.2) is 23.3 Å². The van der Waals surface area contributed by atoms with Crippen LogP contribution in [0.3, 0.4) is 0 Å². The zero-order valence-electron chi connectivity index (χ0n) is 11.3. The summed E-state index contributed by atoms with van der Waals surface area (Å²) in [7, 11) is 0. The number of nitrogens with zero attached hydrogens (tertiary/aromatic N) is 2. The zero-order valence-corrected chi connectivity index (χ0v) is 12.1. The lowest BCUT2D eigenvalue weighted by Crippen LogP contribution is -2.15. The van der Waals surface area contributed by atoms with Gasteiger partial charge in [0.2, 0.25) is 5.13 Å². The highest BCUT2D eigenvalue weighted by molar-refractivity contribution is 7.14. The molecule has 0 amide bonds. The highest BCUT2D eigenvalue weighted by Gasteiger charge is 2.07. The quantitative estimate of drug-likeness (QED) is 0.521. The van der Waals surface area contributed by atoms with Gasteiger partial charge in [0.1, 0.15) is 5.71 Å². The fraction of sp³-hybridized carbons (Fsp3) is 0.214. The summed E-state index contributed by atoms with van der Waals surface area (Å²) in [5.74, 6) is -0.431. The SMILES string of the molecule is CCOC(=O)/C(C)=N/Nc1nc(-c2ccccc2)cs1. The molecule has 6 heteroatoms. The summed E-state index contributed by atoms with van der Waals surface area (Å²) in [6.07, 6.45) is 0. The van der Waals surface area contributed by atoms with Gasteiger partial charge in [0, 0.05) is 10.9 Å². The number of carbonyl (C=O) groups is 1. The predicted molar refractivity (Wildman–Crippen MR) is 80.9 cm³/mol. The first kappa shape index (κ1) is 14.2. The molecule has 0 aliphatic heterocycles. The van der Waals surface area contributed by atoms with Gasteiger partial charge in [-0.1, -0.05) is 30.3 Å².